The molecule has 2 aromatic rings. The zero-order chi connectivity index (χ0) is 18.2. The van der Waals surface area contributed by atoms with Crippen LogP contribution in [0.4, 0.5) is 0 Å². The first-order valence-electron chi connectivity index (χ1n) is 8.57. The van der Waals surface area contributed by atoms with Crippen LogP contribution >= 0.6 is 0 Å². The predicted molar refractivity (Wildman–Crippen MR) is 95.2 cm³/mol. The number of aromatic amines is 1. The molecule has 0 bridgehead atoms. The largest absolute Gasteiger partial charge is 0.343 e. The fourth-order valence-electron chi connectivity index (χ4n) is 3.34. The third-order valence-corrected chi connectivity index (χ3v) is 6.83. The maximum atomic E-state index is 13.0. The number of aromatic nitrogens is 3. The van der Waals surface area contributed by atoms with Crippen LogP contribution in [0.3, 0.4) is 0 Å². The van der Waals surface area contributed by atoms with E-state index < -0.39 is 10.0 Å². The van der Waals surface area contributed by atoms with Crippen LogP contribution in [0.25, 0.3) is 0 Å². The lowest BCUT2D eigenvalue weighted by atomic mass is 9.99. The Morgan fingerprint density at radius 2 is 2.04 bits per heavy atom. The molecule has 1 N–H and O–H groups in total. The maximum absolute atomic E-state index is 13.0. The second-order valence-corrected chi connectivity index (χ2v) is 8.52. The second-order valence-electron chi connectivity index (χ2n) is 6.58. The lowest BCUT2D eigenvalue weighted by Crippen LogP contribution is -2.40. The molecular formula is C17H24N4O3S. The van der Waals surface area contributed by atoms with Crippen molar-refractivity contribution in [3.63, 3.8) is 0 Å². The van der Waals surface area contributed by atoms with E-state index in [-0.39, 0.29) is 11.6 Å². The van der Waals surface area contributed by atoms with Gasteiger partial charge in [-0.15, -0.1) is 0 Å². The first-order valence-corrected chi connectivity index (χ1v) is 10.0. The van der Waals surface area contributed by atoms with Crippen molar-refractivity contribution in [1.29, 1.82) is 0 Å². The predicted octanol–water partition coefficient (Wildman–Crippen LogP) is 1.78. The van der Waals surface area contributed by atoms with Gasteiger partial charge in [0.1, 0.15) is 5.82 Å². The van der Waals surface area contributed by atoms with E-state index in [9.17, 15) is 13.2 Å². The number of H-pyrrole nitrogens is 1. The molecule has 1 aromatic heterocycles. The van der Waals surface area contributed by atoms with Gasteiger partial charge in [0, 0.05) is 25.6 Å². The summed E-state index contributed by atoms with van der Waals surface area (Å²) in [5.74, 6) is 0.571. The summed E-state index contributed by atoms with van der Waals surface area (Å²) in [4.78, 5) is 12.1. The van der Waals surface area contributed by atoms with Gasteiger partial charge in [-0.25, -0.2) is 18.3 Å². The van der Waals surface area contributed by atoms with Gasteiger partial charge in [0.15, 0.2) is 0 Å². The highest BCUT2D eigenvalue weighted by molar-refractivity contribution is 7.89. The molecule has 0 unspecified atom stereocenters. The molecule has 0 radical (unpaired) electrons. The minimum absolute atomic E-state index is 0.0750. The smallest absolute Gasteiger partial charge is 0.279 e. The summed E-state index contributed by atoms with van der Waals surface area (Å²) >= 11 is 0. The van der Waals surface area contributed by atoms with Gasteiger partial charge < -0.3 is 0 Å². The highest BCUT2D eigenvalue weighted by Crippen LogP contribution is 2.29. The quantitative estimate of drug-likeness (QED) is 0.896. The van der Waals surface area contributed by atoms with Crippen LogP contribution in [-0.4, -0.2) is 40.6 Å². The second kappa shape index (κ2) is 6.76. The Bertz CT molecular complexity index is 930. The third-order valence-electron chi connectivity index (χ3n) is 4.97. The zero-order valence-electron chi connectivity index (χ0n) is 14.8. The molecule has 136 valence electrons. The number of hydrogen-bond donors (Lipinski definition) is 1. The number of benzene rings is 1. The van der Waals surface area contributed by atoms with Crippen molar-refractivity contribution < 1.29 is 8.42 Å². The highest BCUT2D eigenvalue weighted by atomic mass is 32.2. The molecule has 1 saturated heterocycles. The Kier molecular flexibility index (Phi) is 4.83. The molecule has 3 rings (SSSR count). The van der Waals surface area contributed by atoms with Crippen molar-refractivity contribution >= 4 is 10.0 Å². The summed E-state index contributed by atoms with van der Waals surface area (Å²) in [6.07, 6.45) is 1.57. The minimum atomic E-state index is -3.55. The molecule has 1 fully saturated rings. The fraction of sp³-hybridized carbons (Fsp3) is 0.529. The lowest BCUT2D eigenvalue weighted by molar-refractivity contribution is 0.304. The lowest BCUT2D eigenvalue weighted by Gasteiger charge is -2.31. The molecule has 0 amide bonds. The Hall–Kier alpha value is -1.93. The molecule has 0 saturated carbocycles. The van der Waals surface area contributed by atoms with Crippen LogP contribution in [-0.2, 0) is 16.6 Å². The van der Waals surface area contributed by atoms with Crippen LogP contribution in [0.5, 0.6) is 0 Å². The molecule has 25 heavy (non-hydrogen) atoms. The van der Waals surface area contributed by atoms with Gasteiger partial charge in [0.05, 0.1) is 4.90 Å². The van der Waals surface area contributed by atoms with E-state index in [4.69, 9.17) is 0 Å². The standard InChI is InChI=1S/C17H24N4O3S/c1-4-21-16(18-19-17(21)22)14-6-5-9-20(11-14)25(23,24)15-8-7-12(2)13(3)10-15/h7-8,10,14H,4-6,9,11H2,1-3H3,(H,19,22)/t14-/m1/s1. The van der Waals surface area contributed by atoms with E-state index in [2.05, 4.69) is 10.2 Å². The van der Waals surface area contributed by atoms with Gasteiger partial charge in [-0.05, 0) is 56.9 Å². The van der Waals surface area contributed by atoms with Crippen LogP contribution in [0, 0.1) is 13.8 Å². The Labute approximate surface area is 147 Å². The van der Waals surface area contributed by atoms with Gasteiger partial charge in [0.25, 0.3) is 0 Å². The average Bonchev–Trinajstić information content (AvgIpc) is 2.98. The van der Waals surface area contributed by atoms with Gasteiger partial charge in [-0.1, -0.05) is 6.07 Å². The van der Waals surface area contributed by atoms with Crippen molar-refractivity contribution in [3.05, 3.63) is 45.6 Å². The number of hydrogen-bond acceptors (Lipinski definition) is 4. The molecule has 1 aliphatic heterocycles. The van der Waals surface area contributed by atoms with Crippen molar-refractivity contribution in [2.75, 3.05) is 13.1 Å². The van der Waals surface area contributed by atoms with Gasteiger partial charge in [0.2, 0.25) is 10.0 Å². The number of nitrogens with zero attached hydrogens (tertiary/aromatic N) is 3. The Morgan fingerprint density at radius 3 is 2.72 bits per heavy atom. The Balaban J connectivity index is 1.90. The van der Waals surface area contributed by atoms with Crippen molar-refractivity contribution in [3.8, 4) is 0 Å². The molecule has 1 aliphatic rings. The van der Waals surface area contributed by atoms with E-state index in [0.717, 1.165) is 24.0 Å². The summed E-state index contributed by atoms with van der Waals surface area (Å²) in [6.45, 7) is 7.12. The monoisotopic (exact) mass is 364 g/mol. The molecule has 1 atom stereocenters. The summed E-state index contributed by atoms with van der Waals surface area (Å²) in [5, 5.41) is 6.60. The molecule has 7 nitrogen and oxygen atoms in total. The molecule has 8 heteroatoms. The number of sulfonamides is 1. The van der Waals surface area contributed by atoms with E-state index >= 15 is 0 Å². The fourth-order valence-corrected chi connectivity index (χ4v) is 4.95. The van der Waals surface area contributed by atoms with E-state index in [0.29, 0.717) is 30.4 Å². The highest BCUT2D eigenvalue weighted by Gasteiger charge is 2.33. The summed E-state index contributed by atoms with van der Waals surface area (Å²) in [6, 6.07) is 5.23. The Morgan fingerprint density at radius 1 is 1.28 bits per heavy atom. The van der Waals surface area contributed by atoms with Crippen LogP contribution in [0.2, 0.25) is 0 Å². The summed E-state index contributed by atoms with van der Waals surface area (Å²) < 4.78 is 29.1. The van der Waals surface area contributed by atoms with E-state index in [1.807, 2.05) is 26.8 Å². The number of piperidine rings is 1. The van der Waals surface area contributed by atoms with E-state index in [1.165, 1.54) is 4.31 Å². The minimum Gasteiger partial charge on any atom is -0.279 e. The van der Waals surface area contributed by atoms with Crippen LogP contribution in [0.15, 0.2) is 27.9 Å². The van der Waals surface area contributed by atoms with Gasteiger partial charge in [-0.2, -0.15) is 9.40 Å². The van der Waals surface area contributed by atoms with Crippen molar-refractivity contribution in [2.45, 2.75) is 51.0 Å². The summed E-state index contributed by atoms with van der Waals surface area (Å²) in [5.41, 5.74) is 1.78. The number of aryl methyl sites for hydroxylation is 2. The maximum Gasteiger partial charge on any atom is 0.343 e. The van der Waals surface area contributed by atoms with Crippen LogP contribution < -0.4 is 5.69 Å². The van der Waals surface area contributed by atoms with Crippen molar-refractivity contribution in [2.24, 2.45) is 0 Å². The van der Waals surface area contributed by atoms with Gasteiger partial charge >= 0.3 is 5.69 Å². The zero-order valence-corrected chi connectivity index (χ0v) is 15.6. The third kappa shape index (κ3) is 3.28. The SMILES string of the molecule is CCn1c([C@@H]2CCCN(S(=O)(=O)c3ccc(C)c(C)c3)C2)n[nH]c1=O. The molecule has 0 aliphatic carbocycles. The van der Waals surface area contributed by atoms with Crippen molar-refractivity contribution in [1.82, 2.24) is 19.1 Å². The molecular weight excluding hydrogens is 340 g/mol. The first-order chi connectivity index (χ1) is 11.8. The van der Waals surface area contributed by atoms with Gasteiger partial charge in [-0.3, -0.25) is 4.57 Å². The summed E-state index contributed by atoms with van der Waals surface area (Å²) in [7, 11) is -3.55. The average molecular weight is 364 g/mol. The number of nitrogens with one attached hydrogen (secondary N) is 1. The molecule has 1 aromatic carbocycles. The molecule has 2 heterocycles. The van der Waals surface area contributed by atoms with E-state index in [1.54, 1.807) is 16.7 Å². The topological polar surface area (TPSA) is 88.1 Å². The molecule has 0 spiro atoms. The first kappa shape index (κ1) is 17.9. The normalized spacial score (nSPS) is 19.2. The number of rotatable bonds is 4. The van der Waals surface area contributed by atoms with Crippen LogP contribution in [0.1, 0.15) is 42.6 Å².